The smallest absolute Gasteiger partial charge is 0.424 e. The van der Waals surface area contributed by atoms with Gasteiger partial charge in [-0.15, -0.1) is 0 Å². The van der Waals surface area contributed by atoms with Gasteiger partial charge in [0.25, 0.3) is 0 Å². The van der Waals surface area contributed by atoms with Crippen LogP contribution < -0.4 is 0 Å². The van der Waals surface area contributed by atoms with Crippen molar-refractivity contribution in [3.05, 3.63) is 60.2 Å². The second-order valence-electron chi connectivity index (χ2n) is 4.60. The molecule has 1 saturated heterocycles. The Labute approximate surface area is 118 Å². The van der Waals surface area contributed by atoms with Gasteiger partial charge in [-0.3, -0.25) is 0 Å². The maximum absolute atomic E-state index is 11.2. The van der Waals surface area contributed by atoms with Gasteiger partial charge in [0, 0.05) is 0 Å². The zero-order chi connectivity index (χ0) is 14.4. The molecule has 2 atom stereocenters. The zero-order valence-electron chi connectivity index (χ0n) is 11.5. The first-order chi connectivity index (χ1) is 9.69. The summed E-state index contributed by atoms with van der Waals surface area (Å²) in [6.45, 7) is 6.33. The molecule has 0 radical (unpaired) electrons. The molecule has 20 heavy (non-hydrogen) atoms. The van der Waals surface area contributed by atoms with Gasteiger partial charge >= 0.3 is 6.16 Å². The largest absolute Gasteiger partial charge is 0.509 e. The summed E-state index contributed by atoms with van der Waals surface area (Å²) in [6, 6.07) is 9.83. The number of carbonyl (C=O) groups excluding carboxylic acids is 1. The molecule has 0 saturated carbocycles. The summed E-state index contributed by atoms with van der Waals surface area (Å²) in [5, 5.41) is 0. The Morgan fingerprint density at radius 3 is 2.80 bits per heavy atom. The molecule has 4 heteroatoms. The maximum atomic E-state index is 11.2. The van der Waals surface area contributed by atoms with Gasteiger partial charge in [0.15, 0.2) is 12.2 Å². The molecule has 1 aromatic rings. The van der Waals surface area contributed by atoms with Crippen molar-refractivity contribution >= 4 is 6.16 Å². The summed E-state index contributed by atoms with van der Waals surface area (Å²) in [5.41, 5.74) is 2.01. The van der Waals surface area contributed by atoms with E-state index in [1.54, 1.807) is 6.08 Å². The molecule has 0 unspecified atom stereocenters. The molecule has 1 fully saturated rings. The minimum Gasteiger partial charge on any atom is -0.424 e. The molecule has 0 amide bonds. The van der Waals surface area contributed by atoms with E-state index in [0.717, 1.165) is 11.1 Å². The molecule has 0 bridgehead atoms. The predicted octanol–water partition coefficient (Wildman–Crippen LogP) is 3.24. The summed E-state index contributed by atoms with van der Waals surface area (Å²) in [7, 11) is 0. The van der Waals surface area contributed by atoms with E-state index in [1.807, 2.05) is 43.3 Å². The first-order valence-electron chi connectivity index (χ1n) is 6.49. The summed E-state index contributed by atoms with van der Waals surface area (Å²) in [5.74, 6) is 0. The first-order valence-corrected chi connectivity index (χ1v) is 6.49. The Morgan fingerprint density at radius 1 is 1.35 bits per heavy atom. The Bertz CT molecular complexity index is 492. The van der Waals surface area contributed by atoms with Gasteiger partial charge in [0.05, 0.1) is 13.2 Å². The highest BCUT2D eigenvalue weighted by molar-refractivity contribution is 5.63. The third-order valence-electron chi connectivity index (χ3n) is 2.99. The lowest BCUT2D eigenvalue weighted by Gasteiger charge is -2.13. The van der Waals surface area contributed by atoms with E-state index in [2.05, 4.69) is 6.58 Å². The summed E-state index contributed by atoms with van der Waals surface area (Å²) in [4.78, 5) is 11.2. The SMILES string of the molecule is C=C/C(C)=C/[C@@H]1OC(=O)O[C@H]1COCc1ccccc1. The number of hydrogen-bond donors (Lipinski definition) is 0. The Balaban J connectivity index is 1.87. The zero-order valence-corrected chi connectivity index (χ0v) is 11.5. The van der Waals surface area contributed by atoms with Crippen molar-refractivity contribution in [3.8, 4) is 0 Å². The summed E-state index contributed by atoms with van der Waals surface area (Å²) < 4.78 is 15.8. The van der Waals surface area contributed by atoms with Crippen LogP contribution in [0, 0.1) is 0 Å². The number of benzene rings is 1. The van der Waals surface area contributed by atoms with Gasteiger partial charge in [-0.25, -0.2) is 4.79 Å². The standard InChI is InChI=1S/C16H18O4/c1-3-12(2)9-14-15(20-16(17)19-14)11-18-10-13-7-5-4-6-8-13/h3-9,14-15H,1,10-11H2,2H3/b12-9+/t14-,15-/m0/s1. The molecule has 1 heterocycles. The van der Waals surface area contributed by atoms with Gasteiger partial charge in [-0.1, -0.05) is 48.6 Å². The maximum Gasteiger partial charge on any atom is 0.509 e. The molecular formula is C16H18O4. The van der Waals surface area contributed by atoms with Crippen molar-refractivity contribution in [3.63, 3.8) is 0 Å². The van der Waals surface area contributed by atoms with E-state index in [1.165, 1.54) is 0 Å². The number of cyclic esters (lactones) is 2. The van der Waals surface area contributed by atoms with Crippen molar-refractivity contribution in [1.29, 1.82) is 0 Å². The number of hydrogen-bond acceptors (Lipinski definition) is 4. The molecule has 4 nitrogen and oxygen atoms in total. The minimum absolute atomic E-state index is 0.298. The van der Waals surface area contributed by atoms with Crippen molar-refractivity contribution in [2.75, 3.05) is 6.61 Å². The second kappa shape index (κ2) is 6.91. The van der Waals surface area contributed by atoms with Gasteiger partial charge in [0.2, 0.25) is 0 Å². The number of rotatable bonds is 6. The third kappa shape index (κ3) is 3.96. The van der Waals surface area contributed by atoms with Crippen molar-refractivity contribution in [1.82, 2.24) is 0 Å². The van der Waals surface area contributed by atoms with Crippen LogP contribution >= 0.6 is 0 Å². The number of ether oxygens (including phenoxy) is 3. The Kier molecular flexibility index (Phi) is 4.96. The Hall–Kier alpha value is -2.07. The normalized spacial score (nSPS) is 22.2. The van der Waals surface area contributed by atoms with E-state index in [4.69, 9.17) is 14.2 Å². The summed E-state index contributed by atoms with van der Waals surface area (Å²) in [6.07, 6.45) is 2.02. The van der Waals surface area contributed by atoms with E-state index in [-0.39, 0.29) is 0 Å². The van der Waals surface area contributed by atoms with Gasteiger partial charge in [-0.05, 0) is 18.6 Å². The van der Waals surface area contributed by atoms with Crippen LogP contribution in [0.2, 0.25) is 0 Å². The predicted molar refractivity (Wildman–Crippen MR) is 75.2 cm³/mol. The van der Waals surface area contributed by atoms with E-state index in [0.29, 0.717) is 13.2 Å². The lowest BCUT2D eigenvalue weighted by Crippen LogP contribution is -2.26. The lowest BCUT2D eigenvalue weighted by atomic mass is 10.1. The van der Waals surface area contributed by atoms with Crippen LogP contribution in [0.3, 0.4) is 0 Å². The molecule has 0 aliphatic carbocycles. The van der Waals surface area contributed by atoms with E-state index in [9.17, 15) is 4.79 Å². The van der Waals surface area contributed by atoms with E-state index < -0.39 is 18.4 Å². The second-order valence-corrected chi connectivity index (χ2v) is 4.60. The molecule has 0 N–H and O–H groups in total. The molecule has 0 aromatic heterocycles. The molecular weight excluding hydrogens is 256 g/mol. The molecule has 0 spiro atoms. The highest BCUT2D eigenvalue weighted by atomic mass is 16.8. The van der Waals surface area contributed by atoms with E-state index >= 15 is 0 Å². The fourth-order valence-corrected chi connectivity index (χ4v) is 1.87. The minimum atomic E-state index is -0.656. The third-order valence-corrected chi connectivity index (χ3v) is 2.99. The van der Waals surface area contributed by atoms with Crippen molar-refractivity contribution < 1.29 is 19.0 Å². The molecule has 2 rings (SSSR count). The van der Waals surface area contributed by atoms with Crippen LogP contribution in [-0.2, 0) is 20.8 Å². The van der Waals surface area contributed by atoms with Crippen LogP contribution in [0.25, 0.3) is 0 Å². The van der Waals surface area contributed by atoms with Crippen LogP contribution in [-0.4, -0.2) is 25.0 Å². The molecule has 106 valence electrons. The molecule has 1 aliphatic rings. The fraction of sp³-hybridized carbons (Fsp3) is 0.312. The average Bonchev–Trinajstić information content (AvgIpc) is 2.80. The lowest BCUT2D eigenvalue weighted by molar-refractivity contribution is 0.0304. The number of carbonyl (C=O) groups is 1. The monoisotopic (exact) mass is 274 g/mol. The first kappa shape index (κ1) is 14.3. The van der Waals surface area contributed by atoms with Crippen LogP contribution in [0.5, 0.6) is 0 Å². The van der Waals surface area contributed by atoms with Crippen LogP contribution in [0.4, 0.5) is 4.79 Å². The molecule has 1 aromatic carbocycles. The topological polar surface area (TPSA) is 44.8 Å². The quantitative estimate of drug-likeness (QED) is 0.590. The van der Waals surface area contributed by atoms with Crippen LogP contribution in [0.1, 0.15) is 12.5 Å². The van der Waals surface area contributed by atoms with Gasteiger partial charge < -0.3 is 14.2 Å². The van der Waals surface area contributed by atoms with Gasteiger partial charge in [0.1, 0.15) is 0 Å². The average molecular weight is 274 g/mol. The highest BCUT2D eigenvalue weighted by Gasteiger charge is 2.35. The number of allylic oxidation sites excluding steroid dienone is 2. The Morgan fingerprint density at radius 2 is 2.10 bits per heavy atom. The van der Waals surface area contributed by atoms with Crippen molar-refractivity contribution in [2.24, 2.45) is 0 Å². The van der Waals surface area contributed by atoms with Gasteiger partial charge in [-0.2, -0.15) is 0 Å². The van der Waals surface area contributed by atoms with Crippen molar-refractivity contribution in [2.45, 2.75) is 25.7 Å². The summed E-state index contributed by atoms with van der Waals surface area (Å²) >= 11 is 0. The highest BCUT2D eigenvalue weighted by Crippen LogP contribution is 2.19. The molecule has 1 aliphatic heterocycles. The van der Waals surface area contributed by atoms with Crippen LogP contribution in [0.15, 0.2) is 54.6 Å². The fourth-order valence-electron chi connectivity index (χ4n) is 1.87.